The van der Waals surface area contributed by atoms with Crippen LogP contribution in [0.1, 0.15) is 23.4 Å². The summed E-state index contributed by atoms with van der Waals surface area (Å²) >= 11 is 3.42. The van der Waals surface area contributed by atoms with Gasteiger partial charge < -0.3 is 14.6 Å². The normalized spacial score (nSPS) is 13.8. The number of anilines is 2. The number of benzene rings is 2. The first-order valence-electron chi connectivity index (χ1n) is 8.71. The Morgan fingerprint density at radius 3 is 2.54 bits per heavy atom. The summed E-state index contributed by atoms with van der Waals surface area (Å²) in [6, 6.07) is 19.3. The Hall–Kier alpha value is -2.53. The average molecular weight is 411 g/mol. The van der Waals surface area contributed by atoms with Crippen molar-refractivity contribution < 1.29 is 9.21 Å². The van der Waals surface area contributed by atoms with E-state index in [1.54, 1.807) is 6.07 Å². The van der Waals surface area contributed by atoms with E-state index in [0.717, 1.165) is 34.5 Å². The third-order valence-electron chi connectivity index (χ3n) is 4.53. The number of rotatable bonds is 4. The van der Waals surface area contributed by atoms with Crippen LogP contribution in [0.2, 0.25) is 0 Å². The Bertz CT molecular complexity index is 912. The van der Waals surface area contributed by atoms with Crippen LogP contribution in [0, 0.1) is 0 Å². The van der Waals surface area contributed by atoms with Gasteiger partial charge >= 0.3 is 0 Å². The molecule has 4 nitrogen and oxygen atoms in total. The summed E-state index contributed by atoms with van der Waals surface area (Å²) in [5.74, 6) is 0.731. The van der Waals surface area contributed by atoms with Crippen molar-refractivity contribution in [3.05, 3.63) is 70.9 Å². The van der Waals surface area contributed by atoms with E-state index in [-0.39, 0.29) is 5.91 Å². The number of nitrogens with one attached hydrogen (secondary N) is 1. The molecule has 2 aromatic carbocycles. The maximum absolute atomic E-state index is 12.5. The predicted octanol–water partition coefficient (Wildman–Crippen LogP) is 5.56. The number of hydrogen-bond acceptors (Lipinski definition) is 3. The zero-order chi connectivity index (χ0) is 17.9. The molecule has 5 heteroatoms. The summed E-state index contributed by atoms with van der Waals surface area (Å²) < 4.78 is 6.74. The summed E-state index contributed by atoms with van der Waals surface area (Å²) in [6.45, 7) is 2.15. The van der Waals surface area contributed by atoms with E-state index in [2.05, 4.69) is 32.2 Å². The Morgan fingerprint density at radius 1 is 1.00 bits per heavy atom. The van der Waals surface area contributed by atoms with Gasteiger partial charge in [-0.1, -0.05) is 34.1 Å². The quantitative estimate of drug-likeness (QED) is 0.611. The summed E-state index contributed by atoms with van der Waals surface area (Å²) in [5, 5.41) is 2.93. The molecule has 1 amide bonds. The summed E-state index contributed by atoms with van der Waals surface area (Å²) in [7, 11) is 0. The lowest BCUT2D eigenvalue weighted by atomic mass is 10.2. The number of nitrogens with zero attached hydrogens (tertiary/aromatic N) is 1. The Morgan fingerprint density at radius 2 is 1.77 bits per heavy atom. The standard InChI is InChI=1S/C21H19BrN2O2/c22-16-8-6-15(7-9-16)19-10-11-20(26-19)21(25)23-17-4-3-5-18(14-17)24-12-1-2-13-24/h3-11,14H,1-2,12-13H2,(H,23,25). The summed E-state index contributed by atoms with van der Waals surface area (Å²) in [5.41, 5.74) is 2.86. The molecule has 1 aliphatic heterocycles. The molecule has 0 radical (unpaired) electrons. The van der Waals surface area contributed by atoms with Gasteiger partial charge in [0.2, 0.25) is 0 Å². The van der Waals surface area contributed by atoms with Crippen molar-refractivity contribution >= 4 is 33.2 Å². The molecule has 4 rings (SSSR count). The Kier molecular flexibility index (Phi) is 4.80. The molecular weight excluding hydrogens is 392 g/mol. The molecule has 1 N–H and O–H groups in total. The number of amides is 1. The monoisotopic (exact) mass is 410 g/mol. The topological polar surface area (TPSA) is 45.5 Å². The molecule has 1 fully saturated rings. The lowest BCUT2D eigenvalue weighted by Crippen LogP contribution is -2.18. The fourth-order valence-corrected chi connectivity index (χ4v) is 3.44. The van der Waals surface area contributed by atoms with E-state index in [0.29, 0.717) is 11.5 Å². The zero-order valence-electron chi connectivity index (χ0n) is 14.2. The van der Waals surface area contributed by atoms with Gasteiger partial charge in [-0.2, -0.15) is 0 Å². The molecule has 0 unspecified atom stereocenters. The highest BCUT2D eigenvalue weighted by Gasteiger charge is 2.15. The molecular formula is C21H19BrN2O2. The molecule has 2 heterocycles. The highest BCUT2D eigenvalue weighted by atomic mass is 79.9. The number of hydrogen-bond donors (Lipinski definition) is 1. The molecule has 26 heavy (non-hydrogen) atoms. The maximum Gasteiger partial charge on any atom is 0.291 e. The SMILES string of the molecule is O=C(Nc1cccc(N2CCCC2)c1)c1ccc(-c2ccc(Br)cc2)o1. The van der Waals surface area contributed by atoms with Crippen molar-refractivity contribution in [3.8, 4) is 11.3 Å². The Balaban J connectivity index is 1.48. The van der Waals surface area contributed by atoms with E-state index < -0.39 is 0 Å². The molecule has 0 aliphatic carbocycles. The molecule has 132 valence electrons. The van der Waals surface area contributed by atoms with Crippen LogP contribution < -0.4 is 10.2 Å². The second kappa shape index (κ2) is 7.38. The van der Waals surface area contributed by atoms with E-state index in [1.165, 1.54) is 12.8 Å². The van der Waals surface area contributed by atoms with E-state index in [9.17, 15) is 4.79 Å². The van der Waals surface area contributed by atoms with Gasteiger partial charge in [0.1, 0.15) is 5.76 Å². The number of carbonyl (C=O) groups is 1. The van der Waals surface area contributed by atoms with Crippen LogP contribution in [0.3, 0.4) is 0 Å². The number of halogens is 1. The lowest BCUT2D eigenvalue weighted by molar-refractivity contribution is 0.0997. The minimum atomic E-state index is -0.244. The van der Waals surface area contributed by atoms with Gasteiger partial charge in [-0.3, -0.25) is 4.79 Å². The summed E-state index contributed by atoms with van der Waals surface area (Å²) in [4.78, 5) is 14.9. The van der Waals surface area contributed by atoms with Crippen LogP contribution in [0.25, 0.3) is 11.3 Å². The van der Waals surface area contributed by atoms with Gasteiger partial charge in [0.05, 0.1) is 0 Å². The second-order valence-corrected chi connectivity index (χ2v) is 7.29. The molecule has 1 aliphatic rings. The van der Waals surface area contributed by atoms with E-state index in [1.807, 2.05) is 48.5 Å². The van der Waals surface area contributed by atoms with Crippen LogP contribution >= 0.6 is 15.9 Å². The third-order valence-corrected chi connectivity index (χ3v) is 5.06. The molecule has 1 saturated heterocycles. The molecule has 0 saturated carbocycles. The fraction of sp³-hybridized carbons (Fsp3) is 0.190. The van der Waals surface area contributed by atoms with Crippen molar-refractivity contribution in [2.75, 3.05) is 23.3 Å². The second-order valence-electron chi connectivity index (χ2n) is 6.37. The van der Waals surface area contributed by atoms with Crippen LogP contribution in [0.4, 0.5) is 11.4 Å². The first kappa shape index (κ1) is 16.9. The maximum atomic E-state index is 12.5. The third kappa shape index (κ3) is 3.68. The highest BCUT2D eigenvalue weighted by Crippen LogP contribution is 2.26. The van der Waals surface area contributed by atoms with Crippen LogP contribution in [-0.4, -0.2) is 19.0 Å². The van der Waals surface area contributed by atoms with Gasteiger partial charge in [-0.15, -0.1) is 0 Å². The molecule has 1 aromatic heterocycles. The minimum Gasteiger partial charge on any atom is -0.451 e. The van der Waals surface area contributed by atoms with Gasteiger partial charge in [-0.05, 0) is 55.3 Å². The van der Waals surface area contributed by atoms with Crippen LogP contribution in [0.15, 0.2) is 69.6 Å². The van der Waals surface area contributed by atoms with Gasteiger partial charge in [0.15, 0.2) is 5.76 Å². The minimum absolute atomic E-state index is 0.244. The summed E-state index contributed by atoms with van der Waals surface area (Å²) in [6.07, 6.45) is 2.45. The number of furan rings is 1. The highest BCUT2D eigenvalue weighted by molar-refractivity contribution is 9.10. The number of carbonyl (C=O) groups excluding carboxylic acids is 1. The lowest BCUT2D eigenvalue weighted by Gasteiger charge is -2.18. The molecule has 0 atom stereocenters. The van der Waals surface area contributed by atoms with Crippen LogP contribution in [-0.2, 0) is 0 Å². The largest absolute Gasteiger partial charge is 0.451 e. The smallest absolute Gasteiger partial charge is 0.291 e. The molecule has 0 spiro atoms. The fourth-order valence-electron chi connectivity index (χ4n) is 3.18. The van der Waals surface area contributed by atoms with Gasteiger partial charge in [0.25, 0.3) is 5.91 Å². The Labute approximate surface area is 160 Å². The predicted molar refractivity (Wildman–Crippen MR) is 108 cm³/mol. The van der Waals surface area contributed by atoms with Crippen molar-refractivity contribution in [2.45, 2.75) is 12.8 Å². The first-order chi connectivity index (χ1) is 12.7. The first-order valence-corrected chi connectivity index (χ1v) is 9.50. The zero-order valence-corrected chi connectivity index (χ0v) is 15.8. The van der Waals surface area contributed by atoms with Crippen LogP contribution in [0.5, 0.6) is 0 Å². The van der Waals surface area contributed by atoms with Crippen molar-refractivity contribution in [1.82, 2.24) is 0 Å². The molecule has 3 aromatic rings. The van der Waals surface area contributed by atoms with Crippen molar-refractivity contribution in [3.63, 3.8) is 0 Å². The van der Waals surface area contributed by atoms with E-state index >= 15 is 0 Å². The molecule has 0 bridgehead atoms. The van der Waals surface area contributed by atoms with Crippen molar-refractivity contribution in [1.29, 1.82) is 0 Å². The van der Waals surface area contributed by atoms with E-state index in [4.69, 9.17) is 4.42 Å². The average Bonchev–Trinajstić information content (AvgIpc) is 3.35. The van der Waals surface area contributed by atoms with Crippen molar-refractivity contribution in [2.24, 2.45) is 0 Å². The van der Waals surface area contributed by atoms with Gasteiger partial charge in [-0.25, -0.2) is 0 Å². The van der Waals surface area contributed by atoms with Gasteiger partial charge in [0, 0.05) is 34.5 Å².